The molecule has 1 aliphatic rings. The molecule has 0 unspecified atom stereocenters. The fourth-order valence-corrected chi connectivity index (χ4v) is 3.63. The highest BCUT2D eigenvalue weighted by Crippen LogP contribution is 2.31. The molecule has 8 nitrogen and oxygen atoms in total. The third-order valence-corrected chi connectivity index (χ3v) is 4.96. The number of amides is 1. The second kappa shape index (κ2) is 8.65. The predicted octanol–water partition coefficient (Wildman–Crippen LogP) is 4.03. The highest BCUT2D eigenvalue weighted by atomic mass is 19.4. The van der Waals surface area contributed by atoms with Gasteiger partial charge in [0.25, 0.3) is 5.78 Å². The van der Waals surface area contributed by atoms with Gasteiger partial charge in [-0.15, -0.1) is 0 Å². The van der Waals surface area contributed by atoms with Gasteiger partial charge in [-0.1, -0.05) is 19.3 Å². The first-order valence-corrected chi connectivity index (χ1v) is 10.0. The van der Waals surface area contributed by atoms with E-state index in [-0.39, 0.29) is 30.1 Å². The molecule has 166 valence electrons. The standard InChI is InChI=1S/C19H27F3N6O2/c1-18(2,3)30-17(29)23-10-13(12-7-5-4-6-8-12)26-15-9-14(19(20,21)22)27-16-24-11-25-28(15)16/h9,11-13,26H,4-8,10H2,1-3H3,(H,23,29)/t13-/m0/s1. The number of carbonyl (C=O) groups excluding carboxylic acids is 1. The Bertz CT molecular complexity index is 871. The maximum Gasteiger partial charge on any atom is 0.433 e. The van der Waals surface area contributed by atoms with E-state index >= 15 is 0 Å². The first-order valence-electron chi connectivity index (χ1n) is 10.0. The summed E-state index contributed by atoms with van der Waals surface area (Å²) in [5.74, 6) is 0.177. The fraction of sp³-hybridized carbons (Fsp3) is 0.684. The van der Waals surface area contributed by atoms with Crippen LogP contribution >= 0.6 is 0 Å². The first-order chi connectivity index (χ1) is 14.0. The van der Waals surface area contributed by atoms with Crippen LogP contribution in [0.5, 0.6) is 0 Å². The van der Waals surface area contributed by atoms with E-state index in [1.807, 2.05) is 0 Å². The van der Waals surface area contributed by atoms with Crippen LogP contribution in [-0.2, 0) is 10.9 Å². The van der Waals surface area contributed by atoms with E-state index in [0.29, 0.717) is 0 Å². The lowest BCUT2D eigenvalue weighted by atomic mass is 9.84. The Labute approximate surface area is 172 Å². The van der Waals surface area contributed by atoms with Crippen LogP contribution in [0.3, 0.4) is 0 Å². The third-order valence-electron chi connectivity index (χ3n) is 4.96. The number of alkyl halides is 3. The largest absolute Gasteiger partial charge is 0.444 e. The van der Waals surface area contributed by atoms with Gasteiger partial charge in [-0.25, -0.2) is 9.78 Å². The molecule has 11 heteroatoms. The highest BCUT2D eigenvalue weighted by molar-refractivity contribution is 5.67. The van der Waals surface area contributed by atoms with Gasteiger partial charge in [-0.3, -0.25) is 0 Å². The Kier molecular flexibility index (Phi) is 6.37. The van der Waals surface area contributed by atoms with Crippen molar-refractivity contribution in [1.29, 1.82) is 0 Å². The Morgan fingerprint density at radius 3 is 2.60 bits per heavy atom. The molecule has 3 rings (SSSR count). The minimum atomic E-state index is -4.61. The molecule has 1 atom stereocenters. The number of hydrogen-bond acceptors (Lipinski definition) is 6. The quantitative estimate of drug-likeness (QED) is 0.747. The average Bonchev–Trinajstić information content (AvgIpc) is 3.12. The summed E-state index contributed by atoms with van der Waals surface area (Å²) in [5, 5.41) is 9.88. The van der Waals surface area contributed by atoms with Crippen molar-refractivity contribution in [3.8, 4) is 0 Å². The summed E-state index contributed by atoms with van der Waals surface area (Å²) < 4.78 is 46.4. The van der Waals surface area contributed by atoms with E-state index in [0.717, 1.165) is 44.5 Å². The number of fused-ring (bicyclic) bond motifs is 1. The zero-order valence-electron chi connectivity index (χ0n) is 17.3. The molecule has 1 amide bonds. The summed E-state index contributed by atoms with van der Waals surface area (Å²) >= 11 is 0. The van der Waals surface area contributed by atoms with Crippen LogP contribution in [-0.4, -0.2) is 43.9 Å². The summed E-state index contributed by atoms with van der Waals surface area (Å²) in [5.41, 5.74) is -1.69. The van der Waals surface area contributed by atoms with Crippen molar-refractivity contribution in [1.82, 2.24) is 24.9 Å². The Morgan fingerprint density at radius 1 is 1.27 bits per heavy atom. The summed E-state index contributed by atoms with van der Waals surface area (Å²) in [6, 6.07) is 0.624. The van der Waals surface area contributed by atoms with Crippen molar-refractivity contribution >= 4 is 17.7 Å². The second-order valence-corrected chi connectivity index (χ2v) is 8.53. The number of rotatable bonds is 5. The van der Waals surface area contributed by atoms with Gasteiger partial charge >= 0.3 is 12.3 Å². The van der Waals surface area contributed by atoms with Crippen LogP contribution in [0.15, 0.2) is 12.4 Å². The molecule has 2 heterocycles. The predicted molar refractivity (Wildman–Crippen MR) is 104 cm³/mol. The van der Waals surface area contributed by atoms with Gasteiger partial charge in [-0.2, -0.15) is 27.8 Å². The van der Waals surface area contributed by atoms with Gasteiger partial charge in [0.15, 0.2) is 5.69 Å². The molecule has 0 radical (unpaired) electrons. The van der Waals surface area contributed by atoms with Gasteiger partial charge in [0.2, 0.25) is 0 Å². The van der Waals surface area contributed by atoms with E-state index in [2.05, 4.69) is 25.7 Å². The van der Waals surface area contributed by atoms with Gasteiger partial charge in [-0.05, 0) is 39.5 Å². The summed E-state index contributed by atoms with van der Waals surface area (Å²) in [6.07, 6.45) is 1.03. The van der Waals surface area contributed by atoms with Gasteiger partial charge in [0, 0.05) is 18.7 Å². The third kappa shape index (κ3) is 5.73. The van der Waals surface area contributed by atoms with E-state index in [1.54, 1.807) is 20.8 Å². The summed E-state index contributed by atoms with van der Waals surface area (Å²) in [7, 11) is 0. The Morgan fingerprint density at radius 2 is 1.97 bits per heavy atom. The molecule has 0 spiro atoms. The number of alkyl carbamates (subject to hydrolysis) is 1. The molecular formula is C19H27F3N6O2. The lowest BCUT2D eigenvalue weighted by Crippen LogP contribution is -2.44. The molecule has 30 heavy (non-hydrogen) atoms. The molecule has 0 aliphatic heterocycles. The molecule has 2 N–H and O–H groups in total. The van der Waals surface area contributed by atoms with Gasteiger partial charge < -0.3 is 15.4 Å². The maximum atomic E-state index is 13.3. The molecular weight excluding hydrogens is 401 g/mol. The SMILES string of the molecule is CC(C)(C)OC(=O)NC[C@H](Nc1cc(C(F)(F)F)nc2ncnn12)C1CCCCC1. The lowest BCUT2D eigenvalue weighted by molar-refractivity contribution is -0.141. The van der Waals surface area contributed by atoms with Crippen molar-refractivity contribution in [3.05, 3.63) is 18.1 Å². The molecule has 1 aliphatic carbocycles. The van der Waals surface area contributed by atoms with Gasteiger partial charge in [0.1, 0.15) is 17.7 Å². The van der Waals surface area contributed by atoms with Crippen LogP contribution in [0.25, 0.3) is 5.78 Å². The second-order valence-electron chi connectivity index (χ2n) is 8.53. The van der Waals surface area contributed by atoms with Crippen molar-refractivity contribution in [2.24, 2.45) is 5.92 Å². The van der Waals surface area contributed by atoms with E-state index in [1.165, 1.54) is 4.52 Å². The summed E-state index contributed by atoms with van der Waals surface area (Å²) in [6.45, 7) is 5.50. The van der Waals surface area contributed by atoms with Crippen LogP contribution < -0.4 is 10.6 Å². The molecule has 2 aromatic rings. The fourth-order valence-electron chi connectivity index (χ4n) is 3.63. The summed E-state index contributed by atoms with van der Waals surface area (Å²) in [4.78, 5) is 19.4. The number of nitrogens with one attached hydrogen (secondary N) is 2. The molecule has 1 saturated carbocycles. The monoisotopic (exact) mass is 428 g/mol. The minimum Gasteiger partial charge on any atom is -0.444 e. The van der Waals surface area contributed by atoms with Crippen LogP contribution in [0, 0.1) is 5.92 Å². The smallest absolute Gasteiger partial charge is 0.433 e. The van der Waals surface area contributed by atoms with Gasteiger partial charge in [0.05, 0.1) is 0 Å². The number of aromatic nitrogens is 4. The highest BCUT2D eigenvalue weighted by Gasteiger charge is 2.35. The maximum absolute atomic E-state index is 13.3. The molecule has 2 aromatic heterocycles. The first kappa shape index (κ1) is 22.1. The van der Waals surface area contributed by atoms with Crippen LogP contribution in [0.2, 0.25) is 0 Å². The number of hydrogen-bond donors (Lipinski definition) is 2. The number of ether oxygens (including phenoxy) is 1. The van der Waals surface area contributed by atoms with Crippen molar-refractivity contribution in [3.63, 3.8) is 0 Å². The molecule has 0 saturated heterocycles. The van der Waals surface area contributed by atoms with Crippen molar-refractivity contribution in [2.75, 3.05) is 11.9 Å². The topological polar surface area (TPSA) is 93.4 Å². The number of carbonyl (C=O) groups is 1. The van der Waals surface area contributed by atoms with E-state index in [4.69, 9.17) is 4.74 Å². The zero-order chi connectivity index (χ0) is 21.9. The van der Waals surface area contributed by atoms with Crippen LogP contribution in [0.1, 0.15) is 58.6 Å². The zero-order valence-corrected chi connectivity index (χ0v) is 17.3. The molecule has 1 fully saturated rings. The number of halogens is 3. The lowest BCUT2D eigenvalue weighted by Gasteiger charge is -2.32. The van der Waals surface area contributed by atoms with E-state index < -0.39 is 23.6 Å². The molecule has 0 bridgehead atoms. The number of nitrogens with zero attached hydrogens (tertiary/aromatic N) is 4. The average molecular weight is 428 g/mol. The van der Waals surface area contributed by atoms with Crippen molar-refractivity contribution < 1.29 is 22.7 Å². The van der Waals surface area contributed by atoms with Crippen LogP contribution in [0.4, 0.5) is 23.8 Å². The normalized spacial score (nSPS) is 17.0. The number of anilines is 1. The van der Waals surface area contributed by atoms with Crippen molar-refractivity contribution in [2.45, 2.75) is 70.7 Å². The Hall–Kier alpha value is -2.59. The Balaban J connectivity index is 1.83. The molecule has 0 aromatic carbocycles. The minimum absolute atomic E-state index is 0.131. The van der Waals surface area contributed by atoms with E-state index in [9.17, 15) is 18.0 Å².